The zero-order chi connectivity index (χ0) is 23.2. The molecule has 4 aromatic rings. The Kier molecular flexibility index (Phi) is 6.58. The van der Waals surface area contributed by atoms with Crippen molar-refractivity contribution in [1.82, 2.24) is 19.9 Å². The lowest BCUT2D eigenvalue weighted by molar-refractivity contribution is -0.118. The van der Waals surface area contributed by atoms with Crippen molar-refractivity contribution in [2.75, 3.05) is 11.9 Å². The lowest BCUT2D eigenvalue weighted by Crippen LogP contribution is -2.24. The Morgan fingerprint density at radius 2 is 1.88 bits per heavy atom. The summed E-state index contributed by atoms with van der Waals surface area (Å²) in [6.07, 6.45) is 6.92. The van der Waals surface area contributed by atoms with E-state index in [-0.39, 0.29) is 5.82 Å². The lowest BCUT2D eigenvalue weighted by Gasteiger charge is -2.18. The van der Waals surface area contributed by atoms with Gasteiger partial charge in [-0.05, 0) is 42.0 Å². The van der Waals surface area contributed by atoms with Crippen LogP contribution in [0, 0.1) is 11.6 Å². The molecule has 4 rings (SSSR count). The third-order valence-corrected chi connectivity index (χ3v) is 5.01. The fourth-order valence-electron chi connectivity index (χ4n) is 3.42. The molecule has 0 radical (unpaired) electrons. The van der Waals surface area contributed by atoms with Crippen molar-refractivity contribution in [3.05, 3.63) is 102 Å². The Hall–Kier alpha value is -4.27. The van der Waals surface area contributed by atoms with Crippen molar-refractivity contribution >= 4 is 11.7 Å². The molecule has 9 heteroatoms. The molecule has 0 saturated carbocycles. The summed E-state index contributed by atoms with van der Waals surface area (Å²) in [6.45, 7) is 0.455. The van der Waals surface area contributed by atoms with Crippen LogP contribution in [0.5, 0.6) is 0 Å². The van der Waals surface area contributed by atoms with E-state index in [1.165, 1.54) is 12.3 Å². The molecule has 166 valence electrons. The number of carbonyl (C=O) groups excluding carboxylic acids is 1. The Labute approximate surface area is 188 Å². The van der Waals surface area contributed by atoms with Crippen LogP contribution in [0.25, 0.3) is 11.4 Å². The third-order valence-electron chi connectivity index (χ3n) is 5.01. The van der Waals surface area contributed by atoms with E-state index in [0.717, 1.165) is 17.8 Å². The normalized spacial score (nSPS) is 11.7. The van der Waals surface area contributed by atoms with Crippen LogP contribution in [0.15, 0.2) is 73.3 Å². The molecule has 0 bridgehead atoms. The first-order valence-corrected chi connectivity index (χ1v) is 10.2. The number of pyridine rings is 2. The molecule has 1 unspecified atom stereocenters. The molecule has 0 saturated heterocycles. The van der Waals surface area contributed by atoms with Gasteiger partial charge in [-0.15, -0.1) is 0 Å². The van der Waals surface area contributed by atoms with Gasteiger partial charge in [0.1, 0.15) is 5.82 Å². The molecule has 0 aliphatic rings. The van der Waals surface area contributed by atoms with Gasteiger partial charge in [0.05, 0.1) is 5.92 Å². The number of benzene rings is 1. The van der Waals surface area contributed by atoms with Crippen LogP contribution in [0.1, 0.15) is 22.7 Å². The highest BCUT2D eigenvalue weighted by Gasteiger charge is 2.25. The first-order chi connectivity index (χ1) is 16.0. The maximum absolute atomic E-state index is 13.8. The van der Waals surface area contributed by atoms with Gasteiger partial charge in [-0.1, -0.05) is 12.1 Å². The van der Waals surface area contributed by atoms with E-state index in [0.29, 0.717) is 35.5 Å². The maximum Gasteiger partial charge on any atom is 0.229 e. The van der Waals surface area contributed by atoms with Crippen molar-refractivity contribution in [1.29, 1.82) is 0 Å². The summed E-state index contributed by atoms with van der Waals surface area (Å²) in [5, 5.41) is 3.22. The van der Waals surface area contributed by atoms with Crippen molar-refractivity contribution < 1.29 is 13.6 Å². The number of carbonyl (C=O) groups is 1. The Bertz CT molecular complexity index is 1250. The number of aromatic nitrogens is 4. The number of nitrogens with one attached hydrogen (secondary N) is 1. The van der Waals surface area contributed by atoms with Gasteiger partial charge in [0.15, 0.2) is 17.5 Å². The number of rotatable bonds is 8. The van der Waals surface area contributed by atoms with Crippen LogP contribution in [0.4, 0.5) is 14.6 Å². The molecule has 0 spiro atoms. The highest BCUT2D eigenvalue weighted by atomic mass is 19.2. The zero-order valence-electron chi connectivity index (χ0n) is 17.5. The summed E-state index contributed by atoms with van der Waals surface area (Å²) in [5.74, 6) is -2.89. The highest BCUT2D eigenvalue weighted by Crippen LogP contribution is 2.30. The van der Waals surface area contributed by atoms with Crippen molar-refractivity contribution in [2.24, 2.45) is 5.73 Å². The number of primary amides is 1. The topological polar surface area (TPSA) is 107 Å². The van der Waals surface area contributed by atoms with Gasteiger partial charge in [0.2, 0.25) is 5.91 Å². The second-order valence-corrected chi connectivity index (χ2v) is 7.25. The summed E-state index contributed by atoms with van der Waals surface area (Å²) in [4.78, 5) is 29.6. The largest absolute Gasteiger partial charge is 0.369 e. The Balaban J connectivity index is 1.72. The molecule has 0 aliphatic heterocycles. The van der Waals surface area contributed by atoms with E-state index in [1.807, 2.05) is 18.2 Å². The highest BCUT2D eigenvalue weighted by molar-refractivity contribution is 5.87. The van der Waals surface area contributed by atoms with E-state index in [1.54, 1.807) is 30.7 Å². The van der Waals surface area contributed by atoms with Gasteiger partial charge >= 0.3 is 0 Å². The van der Waals surface area contributed by atoms with Gasteiger partial charge < -0.3 is 11.1 Å². The number of halogens is 2. The average Bonchev–Trinajstić information content (AvgIpc) is 2.83. The minimum atomic E-state index is -1.00. The average molecular weight is 446 g/mol. The summed E-state index contributed by atoms with van der Waals surface area (Å²) in [7, 11) is 0. The van der Waals surface area contributed by atoms with Gasteiger partial charge in [-0.2, -0.15) is 0 Å². The number of nitrogens with two attached hydrogens (primary N) is 1. The van der Waals surface area contributed by atoms with Crippen molar-refractivity contribution in [2.45, 2.75) is 12.3 Å². The molecular formula is C24H20F2N6O. The van der Waals surface area contributed by atoms with E-state index in [4.69, 9.17) is 5.73 Å². The van der Waals surface area contributed by atoms with Gasteiger partial charge in [0, 0.05) is 54.6 Å². The van der Waals surface area contributed by atoms with Crippen LogP contribution >= 0.6 is 0 Å². The Morgan fingerprint density at radius 3 is 2.58 bits per heavy atom. The minimum absolute atomic E-state index is 0.174. The predicted molar refractivity (Wildman–Crippen MR) is 119 cm³/mol. The van der Waals surface area contributed by atoms with Crippen LogP contribution < -0.4 is 11.1 Å². The molecular weight excluding hydrogens is 426 g/mol. The molecule has 1 atom stereocenters. The van der Waals surface area contributed by atoms with Crippen molar-refractivity contribution in [3.8, 4) is 11.4 Å². The van der Waals surface area contributed by atoms with Crippen LogP contribution in [0.3, 0.4) is 0 Å². The molecule has 0 fully saturated rings. The SMILES string of the molecule is NC(=O)C(c1cccnc1)c1cnc(-c2ccc(F)c(F)c2)nc1NCCc1ccccn1. The molecule has 3 N–H and O–H groups in total. The van der Waals surface area contributed by atoms with Gasteiger partial charge in [0.25, 0.3) is 0 Å². The summed E-state index contributed by atoms with van der Waals surface area (Å²) < 4.78 is 27.1. The lowest BCUT2D eigenvalue weighted by atomic mass is 9.93. The zero-order valence-corrected chi connectivity index (χ0v) is 17.5. The van der Waals surface area contributed by atoms with E-state index in [9.17, 15) is 13.6 Å². The van der Waals surface area contributed by atoms with Crippen LogP contribution in [0.2, 0.25) is 0 Å². The number of amides is 1. The molecule has 1 aromatic carbocycles. The van der Waals surface area contributed by atoms with E-state index in [2.05, 4.69) is 25.3 Å². The smallest absolute Gasteiger partial charge is 0.229 e. The van der Waals surface area contributed by atoms with Crippen molar-refractivity contribution in [3.63, 3.8) is 0 Å². The fourth-order valence-corrected chi connectivity index (χ4v) is 3.42. The van der Waals surface area contributed by atoms with Gasteiger partial charge in [-0.25, -0.2) is 18.7 Å². The summed E-state index contributed by atoms with van der Waals surface area (Å²) in [6, 6.07) is 12.5. The quantitative estimate of drug-likeness (QED) is 0.429. The van der Waals surface area contributed by atoms with Crippen LogP contribution in [-0.2, 0) is 11.2 Å². The molecule has 3 heterocycles. The number of hydrogen-bond acceptors (Lipinski definition) is 6. The maximum atomic E-state index is 13.8. The molecule has 33 heavy (non-hydrogen) atoms. The monoisotopic (exact) mass is 446 g/mol. The second-order valence-electron chi connectivity index (χ2n) is 7.25. The fraction of sp³-hybridized carbons (Fsp3) is 0.125. The first kappa shape index (κ1) is 21.9. The standard InChI is InChI=1S/C24H20F2N6O/c25-19-7-6-15(12-20(19)26)23-31-14-18(21(22(27)33)16-4-3-9-28-13-16)24(32-23)30-11-8-17-5-1-2-10-29-17/h1-7,9-10,12-14,21H,8,11H2,(H2,27,33)(H,30,31,32). The number of hydrogen-bond donors (Lipinski definition) is 2. The summed E-state index contributed by atoms with van der Waals surface area (Å²) in [5.41, 5.74) is 7.93. The van der Waals surface area contributed by atoms with E-state index >= 15 is 0 Å². The number of anilines is 1. The van der Waals surface area contributed by atoms with E-state index < -0.39 is 23.5 Å². The molecule has 1 amide bonds. The molecule has 7 nitrogen and oxygen atoms in total. The predicted octanol–water partition coefficient (Wildman–Crippen LogP) is 3.48. The third kappa shape index (κ3) is 5.15. The first-order valence-electron chi connectivity index (χ1n) is 10.2. The Morgan fingerprint density at radius 1 is 1.00 bits per heavy atom. The number of nitrogens with zero attached hydrogens (tertiary/aromatic N) is 4. The molecule has 0 aliphatic carbocycles. The summed E-state index contributed by atoms with van der Waals surface area (Å²) >= 11 is 0. The van der Waals surface area contributed by atoms with Gasteiger partial charge in [-0.3, -0.25) is 14.8 Å². The minimum Gasteiger partial charge on any atom is -0.369 e. The molecule has 3 aromatic heterocycles. The second kappa shape index (κ2) is 9.90. The van der Waals surface area contributed by atoms with Crippen LogP contribution in [-0.4, -0.2) is 32.4 Å².